The summed E-state index contributed by atoms with van der Waals surface area (Å²) in [6, 6.07) is 0. The first-order valence-electron chi connectivity index (χ1n) is 5.58. The van der Waals surface area contributed by atoms with Crippen LogP contribution in [0.5, 0.6) is 0 Å². The number of aldehydes is 1. The first kappa shape index (κ1) is 17.2. The molecule has 0 fully saturated rings. The van der Waals surface area contributed by atoms with Gasteiger partial charge in [0.25, 0.3) is 0 Å². The number of carbonyl (C=O) groups is 3. The summed E-state index contributed by atoms with van der Waals surface area (Å²) >= 11 is 0. The molecule has 1 heterocycles. The summed E-state index contributed by atoms with van der Waals surface area (Å²) in [5.74, 6) is -1.24. The number of H-pyrrole nitrogens is 1. The highest BCUT2D eigenvalue weighted by molar-refractivity contribution is 6.03. The van der Waals surface area contributed by atoms with E-state index in [1.54, 1.807) is 20.8 Å². The van der Waals surface area contributed by atoms with Gasteiger partial charge in [0.2, 0.25) is 0 Å². The number of aromatic nitrogens is 1. The maximum atomic E-state index is 11.7. The molecule has 1 aromatic heterocycles. The second-order valence-electron chi connectivity index (χ2n) is 3.47. The third kappa shape index (κ3) is 3.57. The van der Waals surface area contributed by atoms with Crippen molar-refractivity contribution in [2.45, 2.75) is 20.8 Å². The lowest BCUT2D eigenvalue weighted by Crippen LogP contribution is -2.09. The number of carbonyl (C=O) groups excluding carboxylic acids is 3. The molecule has 6 nitrogen and oxygen atoms in total. The Hall–Kier alpha value is -1.82. The van der Waals surface area contributed by atoms with Crippen LogP contribution in [0.25, 0.3) is 0 Å². The SMILES string of the molecule is CCOC(=O)c1[nH]c(C=O)c(C(=O)OCC)c1C.Cl. The van der Waals surface area contributed by atoms with E-state index in [-0.39, 0.29) is 42.6 Å². The summed E-state index contributed by atoms with van der Waals surface area (Å²) in [6.07, 6.45) is 0.474. The van der Waals surface area contributed by atoms with Gasteiger partial charge in [-0.2, -0.15) is 0 Å². The quantitative estimate of drug-likeness (QED) is 0.661. The van der Waals surface area contributed by atoms with Gasteiger partial charge in [-0.25, -0.2) is 9.59 Å². The average Bonchev–Trinajstić information content (AvgIpc) is 2.67. The van der Waals surface area contributed by atoms with Crippen LogP contribution in [0.2, 0.25) is 0 Å². The van der Waals surface area contributed by atoms with Crippen molar-refractivity contribution in [3.8, 4) is 0 Å². The summed E-state index contributed by atoms with van der Waals surface area (Å²) in [7, 11) is 0. The van der Waals surface area contributed by atoms with Gasteiger partial charge in [-0.15, -0.1) is 12.4 Å². The third-order valence-corrected chi connectivity index (χ3v) is 2.36. The van der Waals surface area contributed by atoms with Crippen LogP contribution < -0.4 is 0 Å². The summed E-state index contributed by atoms with van der Waals surface area (Å²) in [5.41, 5.74) is 0.555. The second kappa shape index (κ2) is 7.58. The number of halogens is 1. The Morgan fingerprint density at radius 3 is 2.16 bits per heavy atom. The fraction of sp³-hybridized carbons (Fsp3) is 0.417. The molecule has 0 amide bonds. The zero-order valence-electron chi connectivity index (χ0n) is 10.9. The molecule has 0 aliphatic rings. The molecule has 0 aromatic carbocycles. The van der Waals surface area contributed by atoms with E-state index in [2.05, 4.69) is 4.98 Å². The fourth-order valence-corrected chi connectivity index (χ4v) is 1.58. The van der Waals surface area contributed by atoms with Crippen molar-refractivity contribution >= 4 is 30.6 Å². The molecule has 0 radical (unpaired) electrons. The lowest BCUT2D eigenvalue weighted by atomic mass is 10.1. The second-order valence-corrected chi connectivity index (χ2v) is 3.47. The minimum absolute atomic E-state index is 0. The van der Waals surface area contributed by atoms with Gasteiger partial charge < -0.3 is 14.5 Å². The molecule has 0 unspecified atom stereocenters. The van der Waals surface area contributed by atoms with Crippen molar-refractivity contribution in [3.63, 3.8) is 0 Å². The maximum Gasteiger partial charge on any atom is 0.355 e. The molecule has 1 rings (SSSR count). The standard InChI is InChI=1S/C12H15NO5.ClH/c1-4-17-11(15)9-7(3)10(12(16)18-5-2)13-8(9)6-14;/h6,13H,4-5H2,1-3H3;1H. The molecule has 1 aromatic rings. The molecule has 1 N–H and O–H groups in total. The monoisotopic (exact) mass is 289 g/mol. The van der Waals surface area contributed by atoms with Gasteiger partial charge in [-0.3, -0.25) is 4.79 Å². The highest BCUT2D eigenvalue weighted by Crippen LogP contribution is 2.19. The van der Waals surface area contributed by atoms with Crippen LogP contribution in [0.4, 0.5) is 0 Å². The Balaban J connectivity index is 0.00000324. The van der Waals surface area contributed by atoms with Gasteiger partial charge in [-0.05, 0) is 26.3 Å². The molecule has 0 aliphatic carbocycles. The smallest absolute Gasteiger partial charge is 0.355 e. The van der Waals surface area contributed by atoms with Gasteiger partial charge in [0, 0.05) is 0 Å². The summed E-state index contributed by atoms with van der Waals surface area (Å²) < 4.78 is 9.66. The number of rotatable bonds is 5. The number of hydrogen-bond donors (Lipinski definition) is 1. The number of ether oxygens (including phenoxy) is 2. The van der Waals surface area contributed by atoms with Crippen molar-refractivity contribution in [1.29, 1.82) is 0 Å². The van der Waals surface area contributed by atoms with Crippen LogP contribution in [-0.2, 0) is 9.47 Å². The van der Waals surface area contributed by atoms with E-state index < -0.39 is 11.9 Å². The van der Waals surface area contributed by atoms with Crippen LogP contribution >= 0.6 is 12.4 Å². The first-order chi connectivity index (χ1) is 8.56. The Bertz CT molecular complexity index is 481. The number of hydrogen-bond acceptors (Lipinski definition) is 5. The van der Waals surface area contributed by atoms with Crippen molar-refractivity contribution in [1.82, 2.24) is 4.98 Å². The highest BCUT2D eigenvalue weighted by atomic mass is 35.5. The predicted molar refractivity (Wildman–Crippen MR) is 70.1 cm³/mol. The molecule has 0 atom stereocenters. The zero-order chi connectivity index (χ0) is 13.7. The number of esters is 2. The van der Waals surface area contributed by atoms with Gasteiger partial charge in [-0.1, -0.05) is 0 Å². The van der Waals surface area contributed by atoms with Crippen molar-refractivity contribution in [2.24, 2.45) is 0 Å². The molecule has 106 valence electrons. The van der Waals surface area contributed by atoms with Gasteiger partial charge >= 0.3 is 11.9 Å². The summed E-state index contributed by atoms with van der Waals surface area (Å²) in [6.45, 7) is 5.29. The van der Waals surface area contributed by atoms with Crippen LogP contribution in [-0.4, -0.2) is 36.4 Å². The van der Waals surface area contributed by atoms with Crippen LogP contribution in [0.15, 0.2) is 0 Å². The lowest BCUT2D eigenvalue weighted by molar-refractivity contribution is 0.0518. The Morgan fingerprint density at radius 1 is 1.16 bits per heavy atom. The number of aromatic amines is 1. The van der Waals surface area contributed by atoms with Crippen LogP contribution in [0.1, 0.15) is 50.7 Å². The summed E-state index contributed by atoms with van der Waals surface area (Å²) in [5, 5.41) is 0. The molecule has 0 spiro atoms. The molecule has 7 heteroatoms. The highest BCUT2D eigenvalue weighted by Gasteiger charge is 2.25. The minimum atomic E-state index is -0.635. The van der Waals surface area contributed by atoms with Gasteiger partial charge in [0.1, 0.15) is 5.69 Å². The number of nitrogens with one attached hydrogen (secondary N) is 1. The predicted octanol–water partition coefficient (Wildman–Crippen LogP) is 1.91. The topological polar surface area (TPSA) is 85.5 Å². The van der Waals surface area contributed by atoms with Crippen LogP contribution in [0.3, 0.4) is 0 Å². The van der Waals surface area contributed by atoms with Crippen molar-refractivity contribution in [2.75, 3.05) is 13.2 Å². The normalized spacial score (nSPS) is 9.42. The molecular formula is C12H16ClNO5. The Labute approximate surface area is 116 Å². The molecule has 0 aliphatic heterocycles. The fourth-order valence-electron chi connectivity index (χ4n) is 1.58. The van der Waals surface area contributed by atoms with Crippen LogP contribution in [0, 0.1) is 6.92 Å². The van der Waals surface area contributed by atoms with E-state index in [1.807, 2.05) is 0 Å². The first-order valence-corrected chi connectivity index (χ1v) is 5.58. The van der Waals surface area contributed by atoms with E-state index in [0.29, 0.717) is 11.8 Å². The maximum absolute atomic E-state index is 11.7. The Kier molecular flexibility index (Phi) is 6.85. The van der Waals surface area contributed by atoms with Crippen molar-refractivity contribution < 1.29 is 23.9 Å². The molecular weight excluding hydrogens is 274 g/mol. The largest absolute Gasteiger partial charge is 0.462 e. The molecule has 19 heavy (non-hydrogen) atoms. The summed E-state index contributed by atoms with van der Waals surface area (Å²) in [4.78, 5) is 36.8. The van der Waals surface area contributed by atoms with E-state index in [9.17, 15) is 14.4 Å². The van der Waals surface area contributed by atoms with E-state index in [0.717, 1.165) is 0 Å². The van der Waals surface area contributed by atoms with Crippen molar-refractivity contribution in [3.05, 3.63) is 22.5 Å². The third-order valence-electron chi connectivity index (χ3n) is 2.36. The molecule has 0 bridgehead atoms. The Morgan fingerprint density at radius 2 is 1.68 bits per heavy atom. The molecule has 0 saturated heterocycles. The zero-order valence-corrected chi connectivity index (χ0v) is 11.8. The average molecular weight is 290 g/mol. The van der Waals surface area contributed by atoms with Gasteiger partial charge in [0.05, 0.1) is 24.5 Å². The van der Waals surface area contributed by atoms with E-state index in [4.69, 9.17) is 9.47 Å². The minimum Gasteiger partial charge on any atom is -0.462 e. The van der Waals surface area contributed by atoms with E-state index in [1.165, 1.54) is 0 Å². The van der Waals surface area contributed by atoms with E-state index >= 15 is 0 Å². The lowest BCUT2D eigenvalue weighted by Gasteiger charge is -2.02. The molecule has 0 saturated carbocycles. The van der Waals surface area contributed by atoms with Gasteiger partial charge in [0.15, 0.2) is 6.29 Å².